The van der Waals surface area contributed by atoms with E-state index in [9.17, 15) is 4.79 Å². The van der Waals surface area contributed by atoms with Gasteiger partial charge in [-0.05, 0) is 22.9 Å². The van der Waals surface area contributed by atoms with Crippen molar-refractivity contribution in [3.63, 3.8) is 0 Å². The second-order valence-electron chi connectivity index (χ2n) is 3.98. The molecular formula is C11H14BrN5O. The molecule has 0 radical (unpaired) electrons. The van der Waals surface area contributed by atoms with Crippen molar-refractivity contribution in [3.05, 3.63) is 34.3 Å². The maximum Gasteiger partial charge on any atom is 0.254 e. The molecule has 96 valence electrons. The third-order valence-electron chi connectivity index (χ3n) is 2.49. The Kier molecular flexibility index (Phi) is 3.81. The molecule has 0 aliphatic rings. The molecule has 0 fully saturated rings. The van der Waals surface area contributed by atoms with Crippen molar-refractivity contribution in [2.24, 2.45) is 7.05 Å². The van der Waals surface area contributed by atoms with Gasteiger partial charge in [-0.2, -0.15) is 10.2 Å². The maximum atomic E-state index is 11.9. The van der Waals surface area contributed by atoms with E-state index in [4.69, 9.17) is 0 Å². The highest BCUT2D eigenvalue weighted by Gasteiger charge is 2.11. The minimum absolute atomic E-state index is 0.105. The minimum Gasteiger partial charge on any atom is -0.350 e. The van der Waals surface area contributed by atoms with E-state index in [1.165, 1.54) is 0 Å². The van der Waals surface area contributed by atoms with Crippen LogP contribution in [0.2, 0.25) is 0 Å². The van der Waals surface area contributed by atoms with Gasteiger partial charge in [-0.3, -0.25) is 14.2 Å². The number of carbonyl (C=O) groups is 1. The molecule has 0 saturated heterocycles. The lowest BCUT2D eigenvalue weighted by atomic mass is 10.2. The van der Waals surface area contributed by atoms with Gasteiger partial charge < -0.3 is 5.32 Å². The van der Waals surface area contributed by atoms with Crippen molar-refractivity contribution < 1.29 is 4.79 Å². The molecule has 0 aliphatic heterocycles. The van der Waals surface area contributed by atoms with Crippen molar-refractivity contribution >= 4 is 21.8 Å². The predicted octanol–water partition coefficient (Wildman–Crippen LogP) is 1.12. The van der Waals surface area contributed by atoms with Crippen LogP contribution in [0.25, 0.3) is 0 Å². The van der Waals surface area contributed by atoms with Gasteiger partial charge in [-0.25, -0.2) is 0 Å². The summed E-state index contributed by atoms with van der Waals surface area (Å²) in [5, 5.41) is 11.1. The highest BCUT2D eigenvalue weighted by molar-refractivity contribution is 9.10. The Labute approximate surface area is 113 Å². The number of hydrogen-bond acceptors (Lipinski definition) is 3. The maximum absolute atomic E-state index is 11.9. The van der Waals surface area contributed by atoms with E-state index in [0.29, 0.717) is 18.7 Å². The van der Waals surface area contributed by atoms with Gasteiger partial charge in [-0.15, -0.1) is 0 Å². The Morgan fingerprint density at radius 1 is 1.50 bits per heavy atom. The summed E-state index contributed by atoms with van der Waals surface area (Å²) >= 11 is 3.32. The van der Waals surface area contributed by atoms with Gasteiger partial charge in [0.25, 0.3) is 5.91 Å². The third kappa shape index (κ3) is 2.98. The van der Waals surface area contributed by atoms with Crippen LogP contribution in [0.3, 0.4) is 0 Å². The first-order valence-corrected chi connectivity index (χ1v) is 6.32. The highest BCUT2D eigenvalue weighted by Crippen LogP contribution is 2.06. The van der Waals surface area contributed by atoms with Crippen molar-refractivity contribution in [1.29, 1.82) is 0 Å². The molecule has 6 nitrogen and oxygen atoms in total. The molecule has 2 aromatic heterocycles. The Balaban J connectivity index is 1.87. The molecule has 0 saturated carbocycles. The zero-order chi connectivity index (χ0) is 13.1. The number of hydrogen-bond donors (Lipinski definition) is 1. The van der Waals surface area contributed by atoms with E-state index in [0.717, 1.165) is 10.2 Å². The number of rotatable bonds is 4. The zero-order valence-corrected chi connectivity index (χ0v) is 11.8. The summed E-state index contributed by atoms with van der Waals surface area (Å²) in [6.45, 7) is 2.98. The van der Waals surface area contributed by atoms with Gasteiger partial charge in [0.2, 0.25) is 0 Å². The van der Waals surface area contributed by atoms with Crippen LogP contribution < -0.4 is 5.32 Å². The van der Waals surface area contributed by atoms with Gasteiger partial charge in [0, 0.05) is 26.0 Å². The molecule has 1 amide bonds. The normalized spacial score (nSPS) is 10.6. The summed E-state index contributed by atoms with van der Waals surface area (Å²) < 4.78 is 4.33. The fourth-order valence-corrected chi connectivity index (χ4v) is 1.99. The van der Waals surface area contributed by atoms with Crippen molar-refractivity contribution in [3.8, 4) is 0 Å². The number of nitrogens with zero attached hydrogens (tertiary/aromatic N) is 4. The number of nitrogens with one attached hydrogen (secondary N) is 1. The van der Waals surface area contributed by atoms with Gasteiger partial charge in [-0.1, -0.05) is 0 Å². The topological polar surface area (TPSA) is 64.7 Å². The second-order valence-corrected chi connectivity index (χ2v) is 4.90. The van der Waals surface area contributed by atoms with Crippen LogP contribution in [-0.2, 0) is 13.6 Å². The number of amides is 1. The molecule has 1 N–H and O–H groups in total. The molecule has 0 atom stereocenters. The van der Waals surface area contributed by atoms with E-state index in [-0.39, 0.29) is 5.91 Å². The van der Waals surface area contributed by atoms with Crippen LogP contribution in [0.15, 0.2) is 23.1 Å². The van der Waals surface area contributed by atoms with Crippen molar-refractivity contribution in [2.75, 3.05) is 6.54 Å². The Morgan fingerprint density at radius 2 is 2.28 bits per heavy atom. The molecule has 0 spiro atoms. The second kappa shape index (κ2) is 5.34. The van der Waals surface area contributed by atoms with Gasteiger partial charge >= 0.3 is 0 Å². The van der Waals surface area contributed by atoms with Crippen LogP contribution in [-0.4, -0.2) is 32.0 Å². The molecule has 0 unspecified atom stereocenters. The molecule has 2 rings (SSSR count). The van der Waals surface area contributed by atoms with Crippen LogP contribution in [0.4, 0.5) is 0 Å². The number of aryl methyl sites for hydroxylation is 2. The van der Waals surface area contributed by atoms with E-state index in [1.807, 2.05) is 13.1 Å². The van der Waals surface area contributed by atoms with E-state index < -0.39 is 0 Å². The lowest BCUT2D eigenvalue weighted by Crippen LogP contribution is -2.27. The monoisotopic (exact) mass is 311 g/mol. The molecule has 0 bridgehead atoms. The molecule has 7 heteroatoms. The average molecular weight is 312 g/mol. The average Bonchev–Trinajstić information content (AvgIpc) is 2.85. The first-order chi connectivity index (χ1) is 8.56. The van der Waals surface area contributed by atoms with Gasteiger partial charge in [0.15, 0.2) is 0 Å². The van der Waals surface area contributed by atoms with Crippen molar-refractivity contribution in [2.45, 2.75) is 13.5 Å². The molecule has 0 aromatic carbocycles. The summed E-state index contributed by atoms with van der Waals surface area (Å²) in [4.78, 5) is 11.9. The fraction of sp³-hybridized carbons (Fsp3) is 0.364. The van der Waals surface area contributed by atoms with Crippen LogP contribution in [0, 0.1) is 6.92 Å². The van der Waals surface area contributed by atoms with Crippen molar-refractivity contribution in [1.82, 2.24) is 24.9 Å². The fourth-order valence-electron chi connectivity index (χ4n) is 1.66. The van der Waals surface area contributed by atoms with Gasteiger partial charge in [0.05, 0.1) is 28.5 Å². The predicted molar refractivity (Wildman–Crippen MR) is 70.2 cm³/mol. The van der Waals surface area contributed by atoms with E-state index >= 15 is 0 Å². The summed E-state index contributed by atoms with van der Waals surface area (Å²) in [6, 6.07) is 0. The molecular weight excluding hydrogens is 298 g/mol. The van der Waals surface area contributed by atoms with Gasteiger partial charge in [0.1, 0.15) is 0 Å². The van der Waals surface area contributed by atoms with E-state index in [2.05, 4.69) is 31.4 Å². The molecule has 0 aliphatic carbocycles. The first-order valence-electron chi connectivity index (χ1n) is 5.52. The molecule has 18 heavy (non-hydrogen) atoms. The van der Waals surface area contributed by atoms with E-state index in [1.54, 1.807) is 28.8 Å². The Morgan fingerprint density at radius 3 is 2.83 bits per heavy atom. The smallest absolute Gasteiger partial charge is 0.254 e. The Bertz CT molecular complexity index is 560. The summed E-state index contributed by atoms with van der Waals surface area (Å²) in [7, 11) is 1.80. The van der Waals surface area contributed by atoms with Crippen LogP contribution in [0.1, 0.15) is 16.1 Å². The quantitative estimate of drug-likeness (QED) is 0.920. The summed E-state index contributed by atoms with van der Waals surface area (Å²) in [5.74, 6) is -0.105. The minimum atomic E-state index is -0.105. The first kappa shape index (κ1) is 12.8. The zero-order valence-electron chi connectivity index (χ0n) is 10.2. The summed E-state index contributed by atoms with van der Waals surface area (Å²) in [6.07, 6.45) is 5.30. The SMILES string of the molecule is Cc1nn(C)cc1C(=O)NCCn1cc(Br)cn1. The van der Waals surface area contributed by atoms with Crippen LogP contribution in [0.5, 0.6) is 0 Å². The lowest BCUT2D eigenvalue weighted by molar-refractivity contribution is 0.0951. The largest absolute Gasteiger partial charge is 0.350 e. The standard InChI is InChI=1S/C11H14BrN5O/c1-8-10(7-16(2)15-8)11(18)13-3-4-17-6-9(12)5-14-17/h5-7H,3-4H2,1-2H3,(H,13,18). The third-order valence-corrected chi connectivity index (χ3v) is 2.90. The number of aromatic nitrogens is 4. The number of carbonyl (C=O) groups excluding carboxylic acids is 1. The van der Waals surface area contributed by atoms with Crippen LogP contribution >= 0.6 is 15.9 Å². The number of halogens is 1. The Hall–Kier alpha value is -1.63. The summed E-state index contributed by atoms with van der Waals surface area (Å²) in [5.41, 5.74) is 1.34. The lowest BCUT2D eigenvalue weighted by Gasteiger charge is -2.04. The molecule has 2 aromatic rings. The highest BCUT2D eigenvalue weighted by atomic mass is 79.9. The molecule has 2 heterocycles.